The first kappa shape index (κ1) is 18.5. The summed E-state index contributed by atoms with van der Waals surface area (Å²) >= 11 is 7.48. The van der Waals surface area contributed by atoms with Crippen molar-refractivity contribution in [2.24, 2.45) is 0 Å². The van der Waals surface area contributed by atoms with E-state index in [0.717, 1.165) is 19.4 Å². The Morgan fingerprint density at radius 2 is 2.26 bits per heavy atom. The quantitative estimate of drug-likeness (QED) is 0.457. The number of benzene rings is 1. The molecule has 4 rings (SSSR count). The fraction of sp³-hybridized carbons (Fsp3) is 0.444. The maximum atomic E-state index is 13.1. The Morgan fingerprint density at radius 1 is 1.37 bits per heavy atom. The number of thioether (sulfide) groups is 1. The van der Waals surface area contributed by atoms with Crippen LogP contribution in [0.2, 0.25) is 5.02 Å². The molecule has 0 spiro atoms. The van der Waals surface area contributed by atoms with Gasteiger partial charge in [0, 0.05) is 18.1 Å². The molecule has 1 saturated heterocycles. The van der Waals surface area contributed by atoms with Crippen molar-refractivity contribution < 1.29 is 9.26 Å². The molecule has 1 fully saturated rings. The highest BCUT2D eigenvalue weighted by Crippen LogP contribution is 2.24. The van der Waals surface area contributed by atoms with Gasteiger partial charge in [-0.1, -0.05) is 35.4 Å². The Bertz CT molecular complexity index is 1010. The second-order valence-corrected chi connectivity index (χ2v) is 7.73. The van der Waals surface area contributed by atoms with Gasteiger partial charge < -0.3 is 9.26 Å². The van der Waals surface area contributed by atoms with Crippen LogP contribution in [0.25, 0.3) is 10.9 Å². The average Bonchev–Trinajstić information content (AvgIpc) is 3.34. The van der Waals surface area contributed by atoms with Crippen LogP contribution in [0.1, 0.15) is 31.5 Å². The van der Waals surface area contributed by atoms with E-state index in [4.69, 9.17) is 20.9 Å². The van der Waals surface area contributed by atoms with E-state index in [0.29, 0.717) is 51.5 Å². The minimum absolute atomic E-state index is 0.0312. The number of hydrogen-bond acceptors (Lipinski definition) is 7. The summed E-state index contributed by atoms with van der Waals surface area (Å²) in [6.07, 6.45) is 2.70. The third-order valence-electron chi connectivity index (χ3n) is 4.44. The zero-order valence-electron chi connectivity index (χ0n) is 14.9. The Kier molecular flexibility index (Phi) is 5.47. The minimum Gasteiger partial charge on any atom is -0.376 e. The van der Waals surface area contributed by atoms with Crippen molar-refractivity contribution in [3.05, 3.63) is 45.3 Å². The van der Waals surface area contributed by atoms with Crippen LogP contribution in [0, 0.1) is 0 Å². The number of aryl methyl sites for hydroxylation is 1. The van der Waals surface area contributed by atoms with Gasteiger partial charge in [-0.15, -0.1) is 0 Å². The summed E-state index contributed by atoms with van der Waals surface area (Å²) in [5, 5.41) is 5.60. The molecule has 0 N–H and O–H groups in total. The van der Waals surface area contributed by atoms with Crippen molar-refractivity contribution in [3.63, 3.8) is 0 Å². The third kappa shape index (κ3) is 4.02. The van der Waals surface area contributed by atoms with Crippen LogP contribution in [0.3, 0.4) is 0 Å². The number of halogens is 1. The smallest absolute Gasteiger partial charge is 0.262 e. The largest absolute Gasteiger partial charge is 0.376 e. The Morgan fingerprint density at radius 3 is 3.00 bits per heavy atom. The molecule has 1 aliphatic heterocycles. The minimum atomic E-state index is -0.0885. The molecule has 0 saturated carbocycles. The van der Waals surface area contributed by atoms with Crippen LogP contribution in [0.4, 0.5) is 0 Å². The summed E-state index contributed by atoms with van der Waals surface area (Å²) in [6, 6.07) is 5.14. The standard InChI is InChI=1S/C18H19ClN4O3S/c1-2-15-21-16(26-22-15)10-27-18-20-14-8-11(19)5-6-13(14)17(24)23(18)9-12-4-3-7-25-12/h5-6,8,12H,2-4,7,9-10H2,1H3/t12-/m0/s1. The van der Waals surface area contributed by atoms with Crippen LogP contribution in [0.5, 0.6) is 0 Å². The number of ether oxygens (including phenoxy) is 1. The number of hydrogen-bond donors (Lipinski definition) is 0. The first-order valence-corrected chi connectivity index (χ1v) is 10.3. The van der Waals surface area contributed by atoms with Crippen molar-refractivity contribution in [3.8, 4) is 0 Å². The lowest BCUT2D eigenvalue weighted by Gasteiger charge is -2.16. The molecule has 1 aromatic carbocycles. The van der Waals surface area contributed by atoms with Crippen molar-refractivity contribution in [1.82, 2.24) is 19.7 Å². The van der Waals surface area contributed by atoms with Gasteiger partial charge in [-0.2, -0.15) is 4.98 Å². The second-order valence-electron chi connectivity index (χ2n) is 6.35. The summed E-state index contributed by atoms with van der Waals surface area (Å²) in [7, 11) is 0. The Labute approximate surface area is 165 Å². The predicted octanol–water partition coefficient (Wildman–Crippen LogP) is 3.47. The lowest BCUT2D eigenvalue weighted by Crippen LogP contribution is -2.28. The molecular formula is C18H19ClN4O3S. The van der Waals surface area contributed by atoms with Crippen LogP contribution in [-0.2, 0) is 23.5 Å². The summed E-state index contributed by atoms with van der Waals surface area (Å²) < 4.78 is 12.7. The number of nitrogens with zero attached hydrogens (tertiary/aromatic N) is 4. The molecule has 0 unspecified atom stereocenters. The number of fused-ring (bicyclic) bond motifs is 1. The fourth-order valence-corrected chi connectivity index (χ4v) is 4.07. The molecule has 0 aliphatic carbocycles. The highest BCUT2D eigenvalue weighted by atomic mass is 35.5. The molecule has 0 amide bonds. The molecule has 3 aromatic rings. The SMILES string of the molecule is CCc1noc(CSc2nc3cc(Cl)ccc3c(=O)n2C[C@@H]2CCCO2)n1. The maximum Gasteiger partial charge on any atom is 0.262 e. The lowest BCUT2D eigenvalue weighted by molar-refractivity contribution is 0.0937. The van der Waals surface area contributed by atoms with Crippen molar-refractivity contribution in [2.45, 2.75) is 49.7 Å². The van der Waals surface area contributed by atoms with Crippen molar-refractivity contribution in [2.75, 3.05) is 6.61 Å². The van der Waals surface area contributed by atoms with Crippen LogP contribution in [0.15, 0.2) is 32.7 Å². The van der Waals surface area contributed by atoms with Gasteiger partial charge in [0.05, 0.1) is 29.3 Å². The third-order valence-corrected chi connectivity index (χ3v) is 5.64. The first-order valence-electron chi connectivity index (χ1n) is 8.90. The van der Waals surface area contributed by atoms with Gasteiger partial charge in [-0.3, -0.25) is 9.36 Å². The molecule has 3 heterocycles. The molecule has 1 aliphatic rings. The molecule has 142 valence electrons. The normalized spacial score (nSPS) is 17.0. The van der Waals surface area contributed by atoms with Gasteiger partial charge in [0.25, 0.3) is 5.56 Å². The molecule has 0 radical (unpaired) electrons. The van der Waals surface area contributed by atoms with Gasteiger partial charge >= 0.3 is 0 Å². The van der Waals surface area contributed by atoms with E-state index < -0.39 is 0 Å². The zero-order chi connectivity index (χ0) is 18.8. The molecule has 1 atom stereocenters. The van der Waals surface area contributed by atoms with Crippen molar-refractivity contribution in [1.29, 1.82) is 0 Å². The Balaban J connectivity index is 1.69. The number of aromatic nitrogens is 4. The van der Waals surface area contributed by atoms with Crippen molar-refractivity contribution >= 4 is 34.3 Å². The maximum absolute atomic E-state index is 13.1. The summed E-state index contributed by atoms with van der Waals surface area (Å²) in [6.45, 7) is 3.19. The van der Waals surface area contributed by atoms with Gasteiger partial charge in [0.1, 0.15) is 0 Å². The van der Waals surface area contributed by atoms with Gasteiger partial charge in [0.15, 0.2) is 11.0 Å². The summed E-state index contributed by atoms with van der Waals surface area (Å²) in [5.74, 6) is 1.62. The monoisotopic (exact) mass is 406 g/mol. The van der Waals surface area contributed by atoms with E-state index in [1.54, 1.807) is 22.8 Å². The molecular weight excluding hydrogens is 388 g/mol. The predicted molar refractivity (Wildman–Crippen MR) is 103 cm³/mol. The molecule has 27 heavy (non-hydrogen) atoms. The molecule has 2 aromatic heterocycles. The van der Waals surface area contributed by atoms with Crippen LogP contribution in [-0.4, -0.2) is 32.4 Å². The van der Waals surface area contributed by atoms with Gasteiger partial charge in [-0.05, 0) is 31.0 Å². The van der Waals surface area contributed by atoms with Gasteiger partial charge in [-0.25, -0.2) is 4.98 Å². The van der Waals surface area contributed by atoms with E-state index in [-0.39, 0.29) is 11.7 Å². The summed E-state index contributed by atoms with van der Waals surface area (Å²) in [5.41, 5.74) is 0.493. The topological polar surface area (TPSA) is 83.0 Å². The van der Waals surface area contributed by atoms with E-state index in [1.807, 2.05) is 6.92 Å². The molecule has 0 bridgehead atoms. The van der Waals surface area contributed by atoms with Crippen LogP contribution < -0.4 is 5.56 Å². The molecule has 7 nitrogen and oxygen atoms in total. The highest BCUT2D eigenvalue weighted by Gasteiger charge is 2.21. The Hall–Kier alpha value is -1.90. The van der Waals surface area contributed by atoms with Gasteiger partial charge in [0.2, 0.25) is 5.89 Å². The first-order chi connectivity index (χ1) is 13.1. The number of rotatable bonds is 6. The lowest BCUT2D eigenvalue weighted by atomic mass is 10.2. The second kappa shape index (κ2) is 8.00. The van der Waals surface area contributed by atoms with E-state index in [9.17, 15) is 4.79 Å². The molecule has 9 heteroatoms. The fourth-order valence-electron chi connectivity index (χ4n) is 3.06. The van der Waals surface area contributed by atoms with Crippen LogP contribution >= 0.6 is 23.4 Å². The van der Waals surface area contributed by atoms with E-state index >= 15 is 0 Å². The highest BCUT2D eigenvalue weighted by molar-refractivity contribution is 7.98. The zero-order valence-corrected chi connectivity index (χ0v) is 16.4. The van der Waals surface area contributed by atoms with E-state index in [2.05, 4.69) is 15.1 Å². The van der Waals surface area contributed by atoms with E-state index in [1.165, 1.54) is 11.8 Å². The summed E-state index contributed by atoms with van der Waals surface area (Å²) in [4.78, 5) is 22.1. The average molecular weight is 407 g/mol.